The van der Waals surface area contributed by atoms with E-state index in [1.165, 1.54) is 10.6 Å². The summed E-state index contributed by atoms with van der Waals surface area (Å²) in [6.45, 7) is 0. The molecule has 0 aliphatic carbocycles. The number of hydrogen-bond donors (Lipinski definition) is 1. The highest BCUT2D eigenvalue weighted by Gasteiger charge is 2.18. The topological polar surface area (TPSA) is 85.4 Å². The average molecular weight is 228 g/mol. The molecule has 0 fully saturated rings. The van der Waals surface area contributed by atoms with Gasteiger partial charge >= 0.3 is 5.69 Å². The second kappa shape index (κ2) is 3.35. The Morgan fingerprint density at radius 3 is 3.00 bits per heavy atom. The number of fused-ring (bicyclic) bond motifs is 1. The van der Waals surface area contributed by atoms with Gasteiger partial charge in [-0.3, -0.25) is 10.1 Å². The molecule has 0 atom stereocenters. The van der Waals surface area contributed by atoms with E-state index in [2.05, 4.69) is 15.4 Å². The van der Waals surface area contributed by atoms with Gasteiger partial charge in [0.15, 0.2) is 0 Å². The fraction of sp³-hybridized carbons (Fsp3) is 0.143. The first-order chi connectivity index (χ1) is 7.13. The normalized spacial score (nSPS) is 10.5. The third kappa shape index (κ3) is 1.46. The van der Waals surface area contributed by atoms with E-state index in [1.54, 1.807) is 7.05 Å². The van der Waals surface area contributed by atoms with E-state index in [4.69, 9.17) is 11.6 Å². The van der Waals surface area contributed by atoms with Crippen LogP contribution in [0.4, 0.5) is 11.5 Å². The number of halogens is 1. The van der Waals surface area contributed by atoms with E-state index >= 15 is 0 Å². The summed E-state index contributed by atoms with van der Waals surface area (Å²) in [5.74, 6) is 0.540. The summed E-state index contributed by atoms with van der Waals surface area (Å²) in [4.78, 5) is 13.9. The molecule has 0 spiro atoms. The molecule has 15 heavy (non-hydrogen) atoms. The number of nitrogens with zero attached hydrogens (tertiary/aromatic N) is 4. The van der Waals surface area contributed by atoms with Crippen molar-refractivity contribution in [1.29, 1.82) is 0 Å². The monoisotopic (exact) mass is 227 g/mol. The van der Waals surface area contributed by atoms with Crippen molar-refractivity contribution in [2.45, 2.75) is 0 Å². The van der Waals surface area contributed by atoms with E-state index in [0.29, 0.717) is 5.82 Å². The van der Waals surface area contributed by atoms with E-state index in [-0.39, 0.29) is 16.5 Å². The molecule has 2 rings (SSSR count). The molecule has 0 saturated carbocycles. The number of aromatic nitrogens is 3. The molecule has 7 nitrogen and oxygen atoms in total. The van der Waals surface area contributed by atoms with Gasteiger partial charge in [-0.2, -0.15) is 9.61 Å². The summed E-state index contributed by atoms with van der Waals surface area (Å²) in [5.41, 5.74) is -0.0501. The highest BCUT2D eigenvalue weighted by Crippen LogP contribution is 2.22. The van der Waals surface area contributed by atoms with Crippen LogP contribution in [-0.2, 0) is 0 Å². The standard InChI is InChI=1S/C7H6ClN5O2/c1-9-6-2-5(8)11-7-4(13(14)15)3-10-12(6)7/h2-3,9H,1H3. The highest BCUT2D eigenvalue weighted by atomic mass is 35.5. The van der Waals surface area contributed by atoms with Gasteiger partial charge in [0.05, 0.1) is 4.92 Å². The number of anilines is 1. The van der Waals surface area contributed by atoms with Crippen molar-refractivity contribution in [1.82, 2.24) is 14.6 Å². The Bertz CT molecular complexity index is 537. The molecule has 0 radical (unpaired) electrons. The third-order valence-corrected chi connectivity index (χ3v) is 2.07. The fourth-order valence-corrected chi connectivity index (χ4v) is 1.41. The first-order valence-electron chi connectivity index (χ1n) is 4.00. The minimum atomic E-state index is -0.550. The minimum absolute atomic E-state index is 0.122. The Labute approximate surface area is 88.8 Å². The summed E-state index contributed by atoms with van der Waals surface area (Å²) >= 11 is 5.72. The van der Waals surface area contributed by atoms with E-state index < -0.39 is 4.92 Å². The lowest BCUT2D eigenvalue weighted by Crippen LogP contribution is -2.01. The maximum Gasteiger partial charge on any atom is 0.333 e. The van der Waals surface area contributed by atoms with Crippen LogP contribution in [0, 0.1) is 10.1 Å². The molecule has 1 N–H and O–H groups in total. The van der Waals surface area contributed by atoms with Crippen LogP contribution in [0.3, 0.4) is 0 Å². The van der Waals surface area contributed by atoms with Crippen molar-refractivity contribution < 1.29 is 4.92 Å². The summed E-state index contributed by atoms with van der Waals surface area (Å²) in [7, 11) is 1.67. The van der Waals surface area contributed by atoms with Gasteiger partial charge in [-0.15, -0.1) is 0 Å². The van der Waals surface area contributed by atoms with Crippen LogP contribution in [0.5, 0.6) is 0 Å². The fourth-order valence-electron chi connectivity index (χ4n) is 1.23. The Kier molecular flexibility index (Phi) is 2.16. The number of hydrogen-bond acceptors (Lipinski definition) is 5. The van der Waals surface area contributed by atoms with Crippen molar-refractivity contribution in [3.63, 3.8) is 0 Å². The molecule has 2 aromatic rings. The van der Waals surface area contributed by atoms with Crippen LogP contribution in [-0.4, -0.2) is 26.6 Å². The maximum absolute atomic E-state index is 10.6. The van der Waals surface area contributed by atoms with Crippen molar-refractivity contribution in [3.05, 3.63) is 27.5 Å². The van der Waals surface area contributed by atoms with Gasteiger partial charge < -0.3 is 5.32 Å². The van der Waals surface area contributed by atoms with Crippen molar-refractivity contribution in [2.75, 3.05) is 12.4 Å². The molecule has 0 amide bonds. The molecule has 8 heteroatoms. The lowest BCUT2D eigenvalue weighted by Gasteiger charge is -2.02. The first kappa shape index (κ1) is 9.66. The molecule has 2 heterocycles. The van der Waals surface area contributed by atoms with Crippen molar-refractivity contribution >= 4 is 28.8 Å². The largest absolute Gasteiger partial charge is 0.373 e. The van der Waals surface area contributed by atoms with E-state index in [0.717, 1.165) is 6.20 Å². The van der Waals surface area contributed by atoms with Gasteiger partial charge in [-0.25, -0.2) is 4.98 Å². The maximum atomic E-state index is 10.6. The van der Waals surface area contributed by atoms with Gasteiger partial charge in [0.1, 0.15) is 17.2 Å². The number of rotatable bonds is 2. The van der Waals surface area contributed by atoms with E-state index in [9.17, 15) is 10.1 Å². The van der Waals surface area contributed by atoms with E-state index in [1.807, 2.05) is 0 Å². The van der Waals surface area contributed by atoms with Gasteiger partial charge in [0.2, 0.25) is 5.65 Å². The van der Waals surface area contributed by atoms with Crippen molar-refractivity contribution in [3.8, 4) is 0 Å². The predicted octanol–water partition coefficient (Wildman–Crippen LogP) is 1.33. The molecule has 78 valence electrons. The van der Waals surface area contributed by atoms with Crippen LogP contribution in [0.1, 0.15) is 0 Å². The Hall–Kier alpha value is -1.89. The highest BCUT2D eigenvalue weighted by molar-refractivity contribution is 6.29. The lowest BCUT2D eigenvalue weighted by molar-refractivity contribution is -0.383. The molecule has 0 aromatic carbocycles. The minimum Gasteiger partial charge on any atom is -0.373 e. The first-order valence-corrected chi connectivity index (χ1v) is 4.37. The van der Waals surface area contributed by atoms with Gasteiger partial charge in [0, 0.05) is 13.1 Å². The average Bonchev–Trinajstić information content (AvgIpc) is 2.59. The lowest BCUT2D eigenvalue weighted by atomic mass is 10.5. The molecular weight excluding hydrogens is 222 g/mol. The summed E-state index contributed by atoms with van der Waals surface area (Å²) < 4.78 is 1.32. The predicted molar refractivity (Wildman–Crippen MR) is 54.2 cm³/mol. The molecule has 2 aromatic heterocycles. The second-order valence-corrected chi connectivity index (χ2v) is 3.12. The number of nitrogens with one attached hydrogen (secondary N) is 1. The molecule has 0 bridgehead atoms. The van der Waals surface area contributed by atoms with Crippen molar-refractivity contribution in [2.24, 2.45) is 0 Å². The molecular formula is C7H6ClN5O2. The van der Waals surface area contributed by atoms with Gasteiger partial charge in [-0.05, 0) is 0 Å². The van der Waals surface area contributed by atoms with Crippen LogP contribution >= 0.6 is 11.6 Å². The molecule has 0 aliphatic rings. The Morgan fingerprint density at radius 1 is 1.67 bits per heavy atom. The zero-order valence-corrected chi connectivity index (χ0v) is 8.39. The molecule has 0 aliphatic heterocycles. The zero-order chi connectivity index (χ0) is 11.0. The summed E-state index contributed by atoms with van der Waals surface area (Å²) in [6.07, 6.45) is 1.14. The second-order valence-electron chi connectivity index (χ2n) is 2.74. The van der Waals surface area contributed by atoms with Crippen LogP contribution in [0.15, 0.2) is 12.3 Å². The van der Waals surface area contributed by atoms with Crippen LogP contribution < -0.4 is 5.32 Å². The van der Waals surface area contributed by atoms with Gasteiger partial charge in [-0.1, -0.05) is 11.6 Å². The Morgan fingerprint density at radius 2 is 2.40 bits per heavy atom. The quantitative estimate of drug-likeness (QED) is 0.475. The number of nitro groups is 1. The third-order valence-electron chi connectivity index (χ3n) is 1.87. The smallest absolute Gasteiger partial charge is 0.333 e. The molecule has 0 unspecified atom stereocenters. The van der Waals surface area contributed by atoms with Crippen LogP contribution in [0.25, 0.3) is 5.65 Å². The summed E-state index contributed by atoms with van der Waals surface area (Å²) in [5, 5.41) is 17.5. The zero-order valence-electron chi connectivity index (χ0n) is 7.64. The summed E-state index contributed by atoms with van der Waals surface area (Å²) in [6, 6.07) is 1.53. The van der Waals surface area contributed by atoms with Gasteiger partial charge in [0.25, 0.3) is 0 Å². The van der Waals surface area contributed by atoms with Crippen LogP contribution in [0.2, 0.25) is 5.15 Å². The Balaban J connectivity index is 2.80. The SMILES string of the molecule is CNc1cc(Cl)nc2c([N+](=O)[O-])cnn12. The molecule has 0 saturated heterocycles.